The van der Waals surface area contributed by atoms with E-state index in [9.17, 15) is 4.79 Å². The monoisotopic (exact) mass is 577 g/mol. The van der Waals surface area contributed by atoms with E-state index in [1.807, 2.05) is 40.2 Å². The molecule has 188 valence electrons. The highest BCUT2D eigenvalue weighted by atomic mass is 127. The van der Waals surface area contributed by atoms with Gasteiger partial charge in [-0.3, -0.25) is 14.6 Å². The Bertz CT molecular complexity index is 772. The van der Waals surface area contributed by atoms with Gasteiger partial charge in [-0.05, 0) is 27.7 Å². The third kappa shape index (κ3) is 8.60. The standard InChI is InChI=1S/C22H39N7O3.HI/c1-6-23-20(29-13-14-31-19(17-29)18-15-25-26(5)16-18)24-7-8-27-9-11-28(12-10-27)21(30)32-22(2,3)4;/h15-16,19H,6-14,17H2,1-5H3,(H,23,24);1H. The second kappa shape index (κ2) is 12.7. The molecule has 2 fully saturated rings. The van der Waals surface area contributed by atoms with Gasteiger partial charge in [-0.1, -0.05) is 0 Å². The van der Waals surface area contributed by atoms with Crippen molar-refractivity contribution >= 4 is 36.0 Å². The molecule has 3 rings (SSSR count). The van der Waals surface area contributed by atoms with Crippen LogP contribution in [0.4, 0.5) is 4.79 Å². The Labute approximate surface area is 214 Å². The molecule has 2 aliphatic heterocycles. The molecule has 0 bridgehead atoms. The average Bonchev–Trinajstić information content (AvgIpc) is 3.19. The Morgan fingerprint density at radius 3 is 2.58 bits per heavy atom. The lowest BCUT2D eigenvalue weighted by Crippen LogP contribution is -2.51. The van der Waals surface area contributed by atoms with E-state index in [0.29, 0.717) is 26.2 Å². The maximum absolute atomic E-state index is 12.2. The fraction of sp³-hybridized carbons (Fsp3) is 0.773. The first kappa shape index (κ1) is 27.6. The number of guanidine groups is 1. The van der Waals surface area contributed by atoms with Crippen LogP contribution in [0.5, 0.6) is 0 Å². The van der Waals surface area contributed by atoms with Crippen LogP contribution in [0.25, 0.3) is 0 Å². The van der Waals surface area contributed by atoms with Gasteiger partial charge in [0.2, 0.25) is 0 Å². The Morgan fingerprint density at radius 1 is 1.24 bits per heavy atom. The molecule has 0 saturated carbocycles. The normalized spacial score (nSPS) is 20.4. The van der Waals surface area contributed by atoms with Gasteiger partial charge in [0.1, 0.15) is 11.7 Å². The number of aromatic nitrogens is 2. The van der Waals surface area contributed by atoms with Crippen molar-refractivity contribution in [1.29, 1.82) is 0 Å². The fourth-order valence-electron chi connectivity index (χ4n) is 3.85. The summed E-state index contributed by atoms with van der Waals surface area (Å²) in [5, 5.41) is 7.69. The molecule has 1 amide bonds. The third-order valence-electron chi connectivity index (χ3n) is 5.50. The molecule has 11 heteroatoms. The summed E-state index contributed by atoms with van der Waals surface area (Å²) < 4.78 is 13.3. The summed E-state index contributed by atoms with van der Waals surface area (Å²) in [6, 6.07) is 0. The van der Waals surface area contributed by atoms with Crippen molar-refractivity contribution in [2.24, 2.45) is 12.0 Å². The van der Waals surface area contributed by atoms with Crippen LogP contribution >= 0.6 is 24.0 Å². The molecule has 1 aromatic rings. The average molecular weight is 578 g/mol. The number of carbonyl (C=O) groups excluding carboxylic acids is 1. The minimum Gasteiger partial charge on any atom is -0.444 e. The van der Waals surface area contributed by atoms with Crippen molar-refractivity contribution < 1.29 is 14.3 Å². The lowest BCUT2D eigenvalue weighted by atomic mass is 10.1. The molecule has 0 aliphatic carbocycles. The number of hydrogen-bond acceptors (Lipinski definition) is 6. The maximum Gasteiger partial charge on any atom is 0.410 e. The molecule has 33 heavy (non-hydrogen) atoms. The summed E-state index contributed by atoms with van der Waals surface area (Å²) in [4.78, 5) is 23.5. The van der Waals surface area contributed by atoms with Crippen molar-refractivity contribution in [3.05, 3.63) is 18.0 Å². The molecule has 0 radical (unpaired) electrons. The van der Waals surface area contributed by atoms with Crippen LogP contribution in [0.2, 0.25) is 0 Å². The number of aryl methyl sites for hydroxylation is 1. The number of rotatable bonds is 5. The number of piperazine rings is 1. The van der Waals surface area contributed by atoms with Crippen molar-refractivity contribution in [2.75, 3.05) is 65.5 Å². The van der Waals surface area contributed by atoms with Crippen LogP contribution in [-0.2, 0) is 16.5 Å². The van der Waals surface area contributed by atoms with E-state index in [1.54, 1.807) is 9.58 Å². The molecular formula is C22H40IN7O3. The lowest BCUT2D eigenvalue weighted by molar-refractivity contribution is -0.00808. The second-order valence-corrected chi connectivity index (χ2v) is 9.30. The Kier molecular flexibility index (Phi) is 10.7. The van der Waals surface area contributed by atoms with Gasteiger partial charge in [0.05, 0.1) is 25.9 Å². The summed E-state index contributed by atoms with van der Waals surface area (Å²) in [6.07, 6.45) is 3.66. The van der Waals surface area contributed by atoms with Gasteiger partial charge in [0.15, 0.2) is 5.96 Å². The third-order valence-corrected chi connectivity index (χ3v) is 5.50. The highest BCUT2D eigenvalue weighted by Crippen LogP contribution is 2.21. The van der Waals surface area contributed by atoms with E-state index >= 15 is 0 Å². The van der Waals surface area contributed by atoms with Crippen LogP contribution in [0.3, 0.4) is 0 Å². The first-order valence-electron chi connectivity index (χ1n) is 11.6. The van der Waals surface area contributed by atoms with E-state index in [2.05, 4.69) is 27.1 Å². The van der Waals surface area contributed by atoms with Gasteiger partial charge >= 0.3 is 6.09 Å². The molecular weight excluding hydrogens is 537 g/mol. The Balaban J connectivity index is 0.00000385. The van der Waals surface area contributed by atoms with Crippen molar-refractivity contribution in [3.8, 4) is 0 Å². The van der Waals surface area contributed by atoms with Crippen molar-refractivity contribution in [2.45, 2.75) is 39.4 Å². The van der Waals surface area contributed by atoms with Gasteiger partial charge < -0.3 is 24.6 Å². The number of nitrogens with one attached hydrogen (secondary N) is 1. The quantitative estimate of drug-likeness (QED) is 0.325. The highest BCUT2D eigenvalue weighted by molar-refractivity contribution is 14.0. The van der Waals surface area contributed by atoms with Crippen molar-refractivity contribution in [3.63, 3.8) is 0 Å². The van der Waals surface area contributed by atoms with Crippen LogP contribution in [0.1, 0.15) is 39.4 Å². The highest BCUT2D eigenvalue weighted by Gasteiger charge is 2.27. The van der Waals surface area contributed by atoms with Crippen LogP contribution in [0, 0.1) is 0 Å². The van der Waals surface area contributed by atoms with Gasteiger partial charge in [-0.25, -0.2) is 4.79 Å². The molecule has 1 atom stereocenters. The second-order valence-electron chi connectivity index (χ2n) is 9.30. The van der Waals surface area contributed by atoms with Crippen LogP contribution in [0.15, 0.2) is 17.4 Å². The predicted octanol–water partition coefficient (Wildman–Crippen LogP) is 1.93. The SMILES string of the molecule is CCNC(=NCCN1CCN(C(=O)OC(C)(C)C)CC1)N1CCOC(c2cnn(C)c2)C1.I. The molecule has 3 heterocycles. The van der Waals surface area contributed by atoms with Crippen LogP contribution < -0.4 is 5.32 Å². The molecule has 2 saturated heterocycles. The van der Waals surface area contributed by atoms with Gasteiger partial charge in [-0.15, -0.1) is 24.0 Å². The smallest absolute Gasteiger partial charge is 0.410 e. The number of amides is 1. The Morgan fingerprint density at radius 2 is 1.97 bits per heavy atom. The van der Waals surface area contributed by atoms with E-state index < -0.39 is 5.60 Å². The van der Waals surface area contributed by atoms with Crippen LogP contribution in [-0.4, -0.2) is 108 Å². The first-order chi connectivity index (χ1) is 15.2. The number of halogens is 1. The Hall–Kier alpha value is -1.60. The minimum absolute atomic E-state index is 0. The number of carbonyl (C=O) groups is 1. The molecule has 1 unspecified atom stereocenters. The number of hydrogen-bond donors (Lipinski definition) is 1. The molecule has 10 nitrogen and oxygen atoms in total. The first-order valence-corrected chi connectivity index (χ1v) is 11.6. The lowest BCUT2D eigenvalue weighted by Gasteiger charge is -2.36. The molecule has 1 N–H and O–H groups in total. The molecule has 0 aromatic carbocycles. The zero-order valence-corrected chi connectivity index (χ0v) is 22.9. The van der Waals surface area contributed by atoms with E-state index in [1.165, 1.54) is 0 Å². The molecule has 2 aliphatic rings. The molecule has 0 spiro atoms. The number of aliphatic imine (C=N–C) groups is 1. The summed E-state index contributed by atoms with van der Waals surface area (Å²) >= 11 is 0. The summed E-state index contributed by atoms with van der Waals surface area (Å²) in [5.41, 5.74) is 0.636. The van der Waals surface area contributed by atoms with Gasteiger partial charge in [-0.2, -0.15) is 5.10 Å². The number of morpholine rings is 1. The zero-order valence-electron chi connectivity index (χ0n) is 20.6. The summed E-state index contributed by atoms with van der Waals surface area (Å²) in [6.45, 7) is 15.5. The van der Waals surface area contributed by atoms with Crippen molar-refractivity contribution in [1.82, 2.24) is 29.8 Å². The van der Waals surface area contributed by atoms with E-state index in [-0.39, 0.29) is 36.2 Å². The topological polar surface area (TPSA) is 87.5 Å². The predicted molar refractivity (Wildman–Crippen MR) is 139 cm³/mol. The van der Waals surface area contributed by atoms with Gasteiger partial charge in [0, 0.05) is 64.6 Å². The summed E-state index contributed by atoms with van der Waals surface area (Å²) in [7, 11) is 1.92. The number of nitrogens with zero attached hydrogens (tertiary/aromatic N) is 6. The molecule has 1 aromatic heterocycles. The summed E-state index contributed by atoms with van der Waals surface area (Å²) in [5.74, 6) is 0.928. The zero-order chi connectivity index (χ0) is 23.1. The van der Waals surface area contributed by atoms with E-state index in [4.69, 9.17) is 14.5 Å². The fourth-order valence-corrected chi connectivity index (χ4v) is 3.85. The van der Waals surface area contributed by atoms with E-state index in [0.717, 1.165) is 50.8 Å². The maximum atomic E-state index is 12.2. The van der Waals surface area contributed by atoms with Gasteiger partial charge in [0.25, 0.3) is 0 Å². The minimum atomic E-state index is -0.457. The number of ether oxygens (including phenoxy) is 2. The largest absolute Gasteiger partial charge is 0.444 e.